The van der Waals surface area contributed by atoms with Crippen LogP contribution in [0.3, 0.4) is 0 Å². The van der Waals surface area contributed by atoms with Crippen molar-refractivity contribution in [2.24, 2.45) is 36.6 Å². The predicted octanol–water partition coefficient (Wildman–Crippen LogP) is 12.4. The summed E-state index contributed by atoms with van der Waals surface area (Å²) in [6, 6.07) is 30.8. The molecule has 0 aliphatic heterocycles. The average molecular weight is 590 g/mol. The number of nitrogens with zero attached hydrogens (tertiary/aromatic N) is 7. The van der Waals surface area contributed by atoms with Crippen LogP contribution in [0.15, 0.2) is 128 Å². The summed E-state index contributed by atoms with van der Waals surface area (Å²) in [5, 5.41) is 26.1. The van der Waals surface area contributed by atoms with E-state index >= 15 is 0 Å². The van der Waals surface area contributed by atoms with E-state index in [2.05, 4.69) is 82.3 Å². The van der Waals surface area contributed by atoms with Crippen LogP contribution in [0, 0.1) is 5.92 Å². The molecule has 1 unspecified atom stereocenters. The van der Waals surface area contributed by atoms with Gasteiger partial charge in [-0.25, -0.2) is 0 Å². The molecule has 0 heterocycles. The normalized spacial score (nSPS) is 12.5. The van der Waals surface area contributed by atoms with E-state index in [9.17, 15) is 0 Å². The second-order valence-corrected chi connectivity index (χ2v) is 11.1. The maximum absolute atomic E-state index is 6.03. The standard InChI is InChI=1S/C36H43N7O/c1-6-43(7-2)35-23-19-33(20-24-35)41-39-31-15-11-29(12-16-31)37-38-30-13-17-32(18-14-30)40-42-34-21-25-36(26-22-34)44-28(5)10-8-9-27(3)4/h11-28H,6-10H2,1-5H3/b38-37+,41-39+,42-40+. The number of hydrogen-bond acceptors (Lipinski definition) is 8. The molecule has 0 radical (unpaired) electrons. The van der Waals surface area contributed by atoms with Gasteiger partial charge < -0.3 is 9.64 Å². The van der Waals surface area contributed by atoms with Gasteiger partial charge in [-0.1, -0.05) is 20.3 Å². The molecule has 0 saturated carbocycles. The van der Waals surface area contributed by atoms with E-state index in [0.29, 0.717) is 0 Å². The van der Waals surface area contributed by atoms with Gasteiger partial charge in [-0.15, -0.1) is 0 Å². The fraction of sp³-hybridized carbons (Fsp3) is 0.333. The Morgan fingerprint density at radius 3 is 1.18 bits per heavy atom. The second kappa shape index (κ2) is 16.8. The van der Waals surface area contributed by atoms with Crippen molar-refractivity contribution in [3.63, 3.8) is 0 Å². The van der Waals surface area contributed by atoms with Gasteiger partial charge in [-0.05, 0) is 137 Å². The molecule has 8 nitrogen and oxygen atoms in total. The highest BCUT2D eigenvalue weighted by molar-refractivity contribution is 5.53. The first-order valence-electron chi connectivity index (χ1n) is 15.5. The molecule has 0 bridgehead atoms. The molecule has 0 N–H and O–H groups in total. The quantitative estimate of drug-likeness (QED) is 0.129. The summed E-state index contributed by atoms with van der Waals surface area (Å²) in [5.41, 5.74) is 5.71. The number of hydrogen-bond donors (Lipinski definition) is 0. The van der Waals surface area contributed by atoms with E-state index < -0.39 is 0 Å². The van der Waals surface area contributed by atoms with Gasteiger partial charge in [0.1, 0.15) is 5.75 Å². The van der Waals surface area contributed by atoms with Gasteiger partial charge in [0.2, 0.25) is 0 Å². The zero-order valence-electron chi connectivity index (χ0n) is 26.5. The molecular formula is C36H43N7O. The Morgan fingerprint density at radius 2 is 0.841 bits per heavy atom. The summed E-state index contributed by atoms with van der Waals surface area (Å²) in [6.07, 6.45) is 3.66. The van der Waals surface area contributed by atoms with Gasteiger partial charge in [-0.3, -0.25) is 0 Å². The third-order valence-corrected chi connectivity index (χ3v) is 7.09. The summed E-state index contributed by atoms with van der Waals surface area (Å²) in [5.74, 6) is 1.58. The van der Waals surface area contributed by atoms with E-state index in [1.807, 2.05) is 84.9 Å². The molecule has 228 valence electrons. The zero-order valence-corrected chi connectivity index (χ0v) is 26.5. The molecule has 4 rings (SSSR count). The topological polar surface area (TPSA) is 86.6 Å². The molecule has 4 aromatic carbocycles. The lowest BCUT2D eigenvalue weighted by atomic mass is 10.0. The van der Waals surface area contributed by atoms with Crippen molar-refractivity contribution in [3.8, 4) is 5.75 Å². The summed E-state index contributed by atoms with van der Waals surface area (Å²) in [6.45, 7) is 12.9. The maximum atomic E-state index is 6.03. The van der Waals surface area contributed by atoms with Crippen molar-refractivity contribution < 1.29 is 4.74 Å². The highest BCUT2D eigenvalue weighted by Gasteiger charge is 2.05. The first-order chi connectivity index (χ1) is 21.4. The first-order valence-corrected chi connectivity index (χ1v) is 15.5. The van der Waals surface area contributed by atoms with E-state index in [0.717, 1.165) is 65.3 Å². The Balaban J connectivity index is 1.25. The highest BCUT2D eigenvalue weighted by Crippen LogP contribution is 2.27. The maximum Gasteiger partial charge on any atom is 0.119 e. The molecule has 0 spiro atoms. The fourth-order valence-electron chi connectivity index (χ4n) is 4.53. The molecule has 0 fully saturated rings. The van der Waals surface area contributed by atoms with Crippen molar-refractivity contribution in [3.05, 3.63) is 97.1 Å². The SMILES string of the molecule is CCN(CC)c1ccc(/N=N/c2ccc(/N=N/c3ccc(/N=N/c4ccc(OC(C)CCCC(C)C)cc4)cc3)cc2)cc1. The van der Waals surface area contributed by atoms with Crippen LogP contribution in [0.25, 0.3) is 0 Å². The van der Waals surface area contributed by atoms with Crippen LogP contribution in [-0.2, 0) is 0 Å². The summed E-state index contributed by atoms with van der Waals surface area (Å²) < 4.78 is 6.03. The van der Waals surface area contributed by atoms with Crippen LogP contribution >= 0.6 is 0 Å². The third kappa shape index (κ3) is 10.5. The van der Waals surface area contributed by atoms with Crippen molar-refractivity contribution in [1.29, 1.82) is 0 Å². The van der Waals surface area contributed by atoms with Gasteiger partial charge in [0.05, 0.1) is 40.2 Å². The summed E-state index contributed by atoms with van der Waals surface area (Å²) in [4.78, 5) is 2.29. The van der Waals surface area contributed by atoms with Crippen LogP contribution < -0.4 is 9.64 Å². The van der Waals surface area contributed by atoms with E-state index in [1.165, 1.54) is 18.5 Å². The number of benzene rings is 4. The zero-order chi connectivity index (χ0) is 31.1. The van der Waals surface area contributed by atoms with E-state index in [4.69, 9.17) is 4.74 Å². The summed E-state index contributed by atoms with van der Waals surface area (Å²) >= 11 is 0. The fourth-order valence-corrected chi connectivity index (χ4v) is 4.53. The van der Waals surface area contributed by atoms with Crippen molar-refractivity contribution in [1.82, 2.24) is 0 Å². The van der Waals surface area contributed by atoms with Gasteiger partial charge >= 0.3 is 0 Å². The lowest BCUT2D eigenvalue weighted by Gasteiger charge is -2.20. The number of rotatable bonds is 15. The molecule has 0 amide bonds. The van der Waals surface area contributed by atoms with Crippen LogP contribution in [0.5, 0.6) is 5.75 Å². The lowest BCUT2D eigenvalue weighted by Crippen LogP contribution is -2.21. The number of azo groups is 3. The monoisotopic (exact) mass is 589 g/mol. The average Bonchev–Trinajstić information content (AvgIpc) is 3.04. The molecular weight excluding hydrogens is 546 g/mol. The Hall–Kier alpha value is -4.72. The molecule has 8 heteroatoms. The first kappa shape index (κ1) is 32.2. The number of anilines is 1. The van der Waals surface area contributed by atoms with Gasteiger partial charge in [0.25, 0.3) is 0 Å². The second-order valence-electron chi connectivity index (χ2n) is 11.1. The molecule has 1 atom stereocenters. The van der Waals surface area contributed by atoms with Crippen LogP contribution in [0.4, 0.5) is 39.8 Å². The molecule has 0 saturated heterocycles. The molecule has 0 aromatic heterocycles. The smallest absolute Gasteiger partial charge is 0.119 e. The Kier molecular flexibility index (Phi) is 12.3. The summed E-state index contributed by atoms with van der Waals surface area (Å²) in [7, 11) is 0. The third-order valence-electron chi connectivity index (χ3n) is 7.09. The van der Waals surface area contributed by atoms with E-state index in [-0.39, 0.29) is 6.10 Å². The molecule has 0 aliphatic carbocycles. The van der Waals surface area contributed by atoms with E-state index in [1.54, 1.807) is 0 Å². The van der Waals surface area contributed by atoms with Crippen molar-refractivity contribution in [2.45, 2.75) is 60.0 Å². The highest BCUT2D eigenvalue weighted by atomic mass is 16.5. The van der Waals surface area contributed by atoms with Gasteiger partial charge in [0.15, 0.2) is 0 Å². The van der Waals surface area contributed by atoms with Crippen molar-refractivity contribution >= 4 is 39.8 Å². The minimum absolute atomic E-state index is 0.194. The largest absolute Gasteiger partial charge is 0.491 e. The van der Waals surface area contributed by atoms with Crippen molar-refractivity contribution in [2.75, 3.05) is 18.0 Å². The molecule has 4 aromatic rings. The van der Waals surface area contributed by atoms with Gasteiger partial charge in [-0.2, -0.15) is 30.7 Å². The van der Waals surface area contributed by atoms with Crippen LogP contribution in [0.2, 0.25) is 0 Å². The Bertz CT molecular complexity index is 1490. The van der Waals surface area contributed by atoms with Crippen LogP contribution in [-0.4, -0.2) is 19.2 Å². The van der Waals surface area contributed by atoms with Crippen LogP contribution in [0.1, 0.15) is 53.9 Å². The molecule has 0 aliphatic rings. The Morgan fingerprint density at radius 1 is 0.500 bits per heavy atom. The minimum atomic E-state index is 0.194. The lowest BCUT2D eigenvalue weighted by molar-refractivity contribution is 0.204. The van der Waals surface area contributed by atoms with Gasteiger partial charge in [0, 0.05) is 18.8 Å². The predicted molar refractivity (Wildman–Crippen MR) is 181 cm³/mol. The minimum Gasteiger partial charge on any atom is -0.491 e. The Labute approximate surface area is 261 Å². The number of ether oxygens (including phenoxy) is 1. The molecule has 44 heavy (non-hydrogen) atoms.